The molecule has 2 atom stereocenters. The van der Waals surface area contributed by atoms with E-state index in [9.17, 15) is 53.1 Å². The molecular formula is C10H9F11O3. The van der Waals surface area contributed by atoms with E-state index >= 15 is 0 Å². The van der Waals surface area contributed by atoms with Crippen molar-refractivity contribution < 1.29 is 62.6 Å². The van der Waals surface area contributed by atoms with Crippen molar-refractivity contribution in [1.29, 1.82) is 0 Å². The van der Waals surface area contributed by atoms with E-state index in [1.165, 1.54) is 6.92 Å². The van der Waals surface area contributed by atoms with Crippen LogP contribution >= 0.6 is 0 Å². The van der Waals surface area contributed by atoms with Gasteiger partial charge in [-0.05, 0) is 13.3 Å². The van der Waals surface area contributed by atoms with Gasteiger partial charge in [-0.1, -0.05) is 6.92 Å². The molecule has 0 aliphatic heterocycles. The summed E-state index contributed by atoms with van der Waals surface area (Å²) in [5, 5.41) is 0. The van der Waals surface area contributed by atoms with E-state index in [0.29, 0.717) is 0 Å². The molecule has 0 amide bonds. The monoisotopic (exact) mass is 386 g/mol. The Morgan fingerprint density at radius 3 is 1.58 bits per heavy atom. The van der Waals surface area contributed by atoms with Crippen molar-refractivity contribution >= 4 is 5.97 Å². The Balaban J connectivity index is 5.87. The molecule has 0 fully saturated rings. The van der Waals surface area contributed by atoms with E-state index in [1.54, 1.807) is 0 Å². The lowest BCUT2D eigenvalue weighted by atomic mass is 10.2. The predicted molar refractivity (Wildman–Crippen MR) is 52.8 cm³/mol. The molecule has 0 heterocycles. The maximum atomic E-state index is 13.6. The normalized spacial score (nSPS) is 18.0. The second-order valence-corrected chi connectivity index (χ2v) is 4.41. The molecular weight excluding hydrogens is 377 g/mol. The molecule has 0 unspecified atom stereocenters. The minimum absolute atomic E-state index is 0.255. The van der Waals surface area contributed by atoms with Gasteiger partial charge in [0, 0.05) is 0 Å². The van der Waals surface area contributed by atoms with Crippen molar-refractivity contribution in [2.75, 3.05) is 0 Å². The highest BCUT2D eigenvalue weighted by Gasteiger charge is 2.80. The van der Waals surface area contributed by atoms with E-state index in [0.717, 1.165) is 6.92 Å². The maximum absolute atomic E-state index is 13.6. The van der Waals surface area contributed by atoms with Gasteiger partial charge in [-0.15, -0.1) is 0 Å². The number of hydrogen-bond acceptors (Lipinski definition) is 3. The quantitative estimate of drug-likeness (QED) is 0.503. The number of hydrogen-bond donors (Lipinski definition) is 0. The Kier molecular flexibility index (Phi) is 6.15. The molecule has 0 aliphatic carbocycles. The summed E-state index contributed by atoms with van der Waals surface area (Å²) in [4.78, 5) is 11.0. The Morgan fingerprint density at radius 1 is 0.875 bits per heavy atom. The van der Waals surface area contributed by atoms with Crippen molar-refractivity contribution in [2.24, 2.45) is 0 Å². The summed E-state index contributed by atoms with van der Waals surface area (Å²) >= 11 is 0. The largest absolute Gasteiger partial charge is 0.462 e. The Bertz CT molecular complexity index is 456. The summed E-state index contributed by atoms with van der Waals surface area (Å²) in [6.07, 6.45) is -22.7. The molecule has 0 radical (unpaired) electrons. The van der Waals surface area contributed by atoms with Crippen LogP contribution in [0.1, 0.15) is 20.3 Å². The van der Waals surface area contributed by atoms with Crippen LogP contribution in [0.5, 0.6) is 0 Å². The van der Waals surface area contributed by atoms with Crippen LogP contribution in [-0.4, -0.2) is 42.3 Å². The Hall–Kier alpha value is -1.34. The third-order valence-electron chi connectivity index (χ3n) is 2.50. The number of rotatable bonds is 6. The zero-order chi connectivity index (χ0) is 19.8. The Labute approximate surface area is 126 Å². The second kappa shape index (κ2) is 6.52. The van der Waals surface area contributed by atoms with Crippen LogP contribution in [-0.2, 0) is 14.3 Å². The summed E-state index contributed by atoms with van der Waals surface area (Å²) in [5.74, 6) is -16.7. The molecule has 0 N–H and O–H groups in total. The first-order valence-electron chi connectivity index (χ1n) is 5.82. The summed E-state index contributed by atoms with van der Waals surface area (Å²) < 4.78 is 143. The van der Waals surface area contributed by atoms with E-state index in [2.05, 4.69) is 4.74 Å². The standard InChI is InChI=1S/C10H9F11O3/c1-3-4(2)23-5(22)6(11,8(14,15)16)24-10(20,21)7(12,13)9(17,18)19/h4H,3H2,1-2H3/t4-,6+/m0/s1. The molecule has 144 valence electrons. The molecule has 0 saturated carbocycles. The van der Waals surface area contributed by atoms with Gasteiger partial charge in [0.2, 0.25) is 0 Å². The van der Waals surface area contributed by atoms with Gasteiger partial charge in [-0.25, -0.2) is 4.79 Å². The zero-order valence-corrected chi connectivity index (χ0v) is 11.7. The van der Waals surface area contributed by atoms with Crippen molar-refractivity contribution in [3.05, 3.63) is 0 Å². The summed E-state index contributed by atoms with van der Waals surface area (Å²) in [7, 11) is 0. The minimum atomic E-state index is -7.22. The molecule has 0 aromatic heterocycles. The summed E-state index contributed by atoms with van der Waals surface area (Å²) in [5.41, 5.74) is 0. The van der Waals surface area contributed by atoms with Gasteiger partial charge < -0.3 is 4.74 Å². The number of carbonyl (C=O) groups excluding carboxylic acids is 1. The van der Waals surface area contributed by atoms with E-state index in [4.69, 9.17) is 0 Å². The first-order chi connectivity index (χ1) is 10.3. The number of carbonyl (C=O) groups is 1. The molecule has 0 rings (SSSR count). The van der Waals surface area contributed by atoms with Crippen LogP contribution < -0.4 is 0 Å². The molecule has 24 heavy (non-hydrogen) atoms. The van der Waals surface area contributed by atoms with Crippen molar-refractivity contribution in [1.82, 2.24) is 0 Å². The number of ether oxygens (including phenoxy) is 2. The summed E-state index contributed by atoms with van der Waals surface area (Å²) in [6.45, 7) is 2.07. The van der Waals surface area contributed by atoms with Gasteiger partial charge in [-0.3, -0.25) is 4.74 Å². The van der Waals surface area contributed by atoms with Gasteiger partial charge in [0.15, 0.2) is 0 Å². The summed E-state index contributed by atoms with van der Waals surface area (Å²) in [6, 6.07) is 0. The molecule has 0 aromatic carbocycles. The highest BCUT2D eigenvalue weighted by Crippen LogP contribution is 2.51. The van der Waals surface area contributed by atoms with Crippen molar-refractivity contribution in [2.45, 2.75) is 56.6 Å². The van der Waals surface area contributed by atoms with Crippen LogP contribution in [0.4, 0.5) is 48.3 Å². The fraction of sp³-hybridized carbons (Fsp3) is 0.900. The van der Waals surface area contributed by atoms with Gasteiger partial charge in [0.25, 0.3) is 0 Å². The minimum Gasteiger partial charge on any atom is -0.458 e. The fourth-order valence-corrected chi connectivity index (χ4v) is 0.963. The second-order valence-electron chi connectivity index (χ2n) is 4.41. The van der Waals surface area contributed by atoms with Crippen molar-refractivity contribution in [3.8, 4) is 0 Å². The molecule has 0 aromatic rings. The Morgan fingerprint density at radius 2 is 1.29 bits per heavy atom. The SMILES string of the molecule is CC[C@H](C)OC(=O)[C@@](F)(OC(F)(F)C(F)(F)C(F)(F)F)C(F)(F)F. The molecule has 0 aliphatic rings. The maximum Gasteiger partial charge on any atom is 0.462 e. The lowest BCUT2D eigenvalue weighted by Gasteiger charge is -2.34. The van der Waals surface area contributed by atoms with Crippen LogP contribution in [0.2, 0.25) is 0 Å². The first kappa shape index (κ1) is 22.7. The third kappa shape index (κ3) is 4.19. The fourth-order valence-electron chi connectivity index (χ4n) is 0.963. The molecule has 0 bridgehead atoms. The number of esters is 1. The van der Waals surface area contributed by atoms with Gasteiger partial charge in [0.05, 0.1) is 6.10 Å². The van der Waals surface area contributed by atoms with Crippen LogP contribution in [0, 0.1) is 0 Å². The zero-order valence-electron chi connectivity index (χ0n) is 11.7. The van der Waals surface area contributed by atoms with Crippen LogP contribution in [0.15, 0.2) is 0 Å². The van der Waals surface area contributed by atoms with Crippen LogP contribution in [0.25, 0.3) is 0 Å². The lowest BCUT2D eigenvalue weighted by molar-refractivity contribution is -0.475. The lowest BCUT2D eigenvalue weighted by Crippen LogP contribution is -2.62. The van der Waals surface area contributed by atoms with E-state index in [-0.39, 0.29) is 6.42 Å². The van der Waals surface area contributed by atoms with E-state index < -0.39 is 42.3 Å². The van der Waals surface area contributed by atoms with E-state index in [1.807, 2.05) is 4.74 Å². The third-order valence-corrected chi connectivity index (χ3v) is 2.50. The predicted octanol–water partition coefficient (Wildman–Crippen LogP) is 4.36. The first-order valence-corrected chi connectivity index (χ1v) is 5.82. The topological polar surface area (TPSA) is 35.5 Å². The van der Waals surface area contributed by atoms with Gasteiger partial charge in [0.1, 0.15) is 0 Å². The molecule has 0 saturated heterocycles. The number of halogens is 11. The average molecular weight is 386 g/mol. The highest BCUT2D eigenvalue weighted by molar-refractivity contribution is 5.79. The number of alkyl halides is 11. The molecule has 0 spiro atoms. The molecule has 3 nitrogen and oxygen atoms in total. The van der Waals surface area contributed by atoms with Gasteiger partial charge >= 0.3 is 36.2 Å². The average Bonchev–Trinajstić information content (AvgIpc) is 2.34. The molecule has 14 heteroatoms. The van der Waals surface area contributed by atoms with Gasteiger partial charge in [-0.2, -0.15) is 48.3 Å². The van der Waals surface area contributed by atoms with Crippen molar-refractivity contribution in [3.63, 3.8) is 0 Å². The smallest absolute Gasteiger partial charge is 0.458 e. The highest BCUT2D eigenvalue weighted by atomic mass is 19.4. The van der Waals surface area contributed by atoms with Crippen LogP contribution in [0.3, 0.4) is 0 Å².